The Morgan fingerprint density at radius 3 is 2.63 bits per heavy atom. The van der Waals surface area contributed by atoms with Crippen molar-refractivity contribution in [2.45, 2.75) is 25.3 Å². The van der Waals surface area contributed by atoms with Gasteiger partial charge in [-0.1, -0.05) is 36.4 Å². The van der Waals surface area contributed by atoms with E-state index in [-0.39, 0.29) is 17.7 Å². The van der Waals surface area contributed by atoms with Crippen LogP contribution in [0.2, 0.25) is 0 Å². The minimum absolute atomic E-state index is 0.0705. The van der Waals surface area contributed by atoms with E-state index in [0.717, 1.165) is 18.4 Å². The van der Waals surface area contributed by atoms with Crippen molar-refractivity contribution < 1.29 is 13.2 Å². The van der Waals surface area contributed by atoms with Crippen LogP contribution in [0.4, 0.5) is 5.69 Å². The van der Waals surface area contributed by atoms with Gasteiger partial charge in [0.2, 0.25) is 15.9 Å². The summed E-state index contributed by atoms with van der Waals surface area (Å²) in [5.41, 5.74) is 4.05. The van der Waals surface area contributed by atoms with Gasteiger partial charge in [-0.3, -0.25) is 9.10 Å². The summed E-state index contributed by atoms with van der Waals surface area (Å²) >= 11 is 0. The van der Waals surface area contributed by atoms with Gasteiger partial charge in [0.1, 0.15) is 0 Å². The molecule has 0 spiro atoms. The van der Waals surface area contributed by atoms with Crippen molar-refractivity contribution in [1.82, 2.24) is 5.32 Å². The molecule has 1 unspecified atom stereocenters. The Labute approximate surface area is 159 Å². The number of aryl methyl sites for hydroxylation is 1. The number of benzene rings is 2. The van der Waals surface area contributed by atoms with Crippen molar-refractivity contribution in [3.8, 4) is 0 Å². The average molecular weight is 382 g/mol. The molecular formula is C21H22N2O3S. The van der Waals surface area contributed by atoms with Crippen LogP contribution in [0, 0.1) is 0 Å². The molecule has 27 heavy (non-hydrogen) atoms. The number of hydrogen-bond donors (Lipinski definition) is 1. The van der Waals surface area contributed by atoms with Crippen molar-refractivity contribution in [3.05, 3.63) is 71.3 Å². The molecule has 1 saturated heterocycles. The van der Waals surface area contributed by atoms with E-state index in [1.54, 1.807) is 18.2 Å². The third-order valence-corrected chi connectivity index (χ3v) is 7.03. The fraction of sp³-hybridized carbons (Fsp3) is 0.286. The van der Waals surface area contributed by atoms with Gasteiger partial charge >= 0.3 is 0 Å². The fourth-order valence-corrected chi connectivity index (χ4v) is 5.34. The Morgan fingerprint density at radius 1 is 1.11 bits per heavy atom. The minimum Gasteiger partial charge on any atom is -0.346 e. The van der Waals surface area contributed by atoms with Crippen molar-refractivity contribution >= 4 is 27.7 Å². The van der Waals surface area contributed by atoms with Gasteiger partial charge in [0.15, 0.2) is 0 Å². The zero-order chi connectivity index (χ0) is 18.9. The SMILES string of the molecule is O=C(/C=C/c1ccc(N2CCCS2(=O)=O)cc1)NC1CCc2ccccc21. The van der Waals surface area contributed by atoms with Crippen LogP contribution in [0.1, 0.15) is 35.6 Å². The molecule has 2 aromatic carbocycles. The second kappa shape index (κ2) is 7.19. The molecule has 1 N–H and O–H groups in total. The van der Waals surface area contributed by atoms with Crippen LogP contribution in [0.5, 0.6) is 0 Å². The number of nitrogens with one attached hydrogen (secondary N) is 1. The van der Waals surface area contributed by atoms with E-state index in [0.29, 0.717) is 18.7 Å². The Bertz CT molecular complexity index is 981. The topological polar surface area (TPSA) is 66.5 Å². The number of rotatable bonds is 4. The molecule has 1 aliphatic heterocycles. The highest BCUT2D eigenvalue weighted by Gasteiger charge is 2.28. The Hall–Kier alpha value is -2.60. The van der Waals surface area contributed by atoms with E-state index in [4.69, 9.17) is 0 Å². The summed E-state index contributed by atoms with van der Waals surface area (Å²) < 4.78 is 25.4. The van der Waals surface area contributed by atoms with E-state index in [1.807, 2.05) is 24.3 Å². The molecule has 6 heteroatoms. The first-order chi connectivity index (χ1) is 13.0. The maximum Gasteiger partial charge on any atom is 0.244 e. The van der Waals surface area contributed by atoms with Crippen LogP contribution in [-0.4, -0.2) is 26.6 Å². The number of nitrogens with zero attached hydrogens (tertiary/aromatic N) is 1. The lowest BCUT2D eigenvalue weighted by Gasteiger charge is -2.16. The average Bonchev–Trinajstić information content (AvgIpc) is 3.23. The van der Waals surface area contributed by atoms with Crippen LogP contribution in [-0.2, 0) is 21.2 Å². The van der Waals surface area contributed by atoms with E-state index in [2.05, 4.69) is 17.4 Å². The molecule has 0 aromatic heterocycles. The molecule has 2 aromatic rings. The lowest BCUT2D eigenvalue weighted by atomic mass is 10.1. The zero-order valence-corrected chi connectivity index (χ0v) is 15.8. The second-order valence-corrected chi connectivity index (χ2v) is 8.98. The maximum atomic E-state index is 12.3. The van der Waals surface area contributed by atoms with Gasteiger partial charge in [0.05, 0.1) is 17.5 Å². The summed E-state index contributed by atoms with van der Waals surface area (Å²) in [5, 5.41) is 3.06. The smallest absolute Gasteiger partial charge is 0.244 e. The number of amides is 1. The summed E-state index contributed by atoms with van der Waals surface area (Å²) in [6, 6.07) is 15.5. The van der Waals surface area contributed by atoms with E-state index in [9.17, 15) is 13.2 Å². The van der Waals surface area contributed by atoms with E-state index in [1.165, 1.54) is 21.5 Å². The molecule has 2 aliphatic rings. The number of sulfonamides is 1. The molecule has 4 rings (SSSR count). The van der Waals surface area contributed by atoms with Crippen molar-refractivity contribution in [1.29, 1.82) is 0 Å². The highest BCUT2D eigenvalue weighted by atomic mass is 32.2. The van der Waals surface area contributed by atoms with Gasteiger partial charge in [0.25, 0.3) is 0 Å². The molecule has 1 atom stereocenters. The predicted octanol–water partition coefficient (Wildman–Crippen LogP) is 3.04. The minimum atomic E-state index is -3.17. The number of carbonyl (C=O) groups excluding carboxylic acids is 1. The van der Waals surface area contributed by atoms with Crippen molar-refractivity contribution in [2.75, 3.05) is 16.6 Å². The first kappa shape index (κ1) is 17.8. The molecule has 5 nitrogen and oxygen atoms in total. The summed E-state index contributed by atoms with van der Waals surface area (Å²) in [6.45, 7) is 0.531. The molecule has 0 radical (unpaired) electrons. The highest BCUT2D eigenvalue weighted by molar-refractivity contribution is 7.93. The van der Waals surface area contributed by atoms with Gasteiger partial charge in [-0.25, -0.2) is 8.42 Å². The molecule has 140 valence electrons. The van der Waals surface area contributed by atoms with Gasteiger partial charge in [0, 0.05) is 12.6 Å². The van der Waals surface area contributed by atoms with Crippen LogP contribution >= 0.6 is 0 Å². The highest BCUT2D eigenvalue weighted by Crippen LogP contribution is 2.30. The van der Waals surface area contributed by atoms with E-state index >= 15 is 0 Å². The van der Waals surface area contributed by atoms with Crippen LogP contribution in [0.25, 0.3) is 6.08 Å². The monoisotopic (exact) mass is 382 g/mol. The third-order valence-electron chi connectivity index (χ3n) is 5.16. The summed E-state index contributed by atoms with van der Waals surface area (Å²) in [7, 11) is -3.17. The molecule has 1 heterocycles. The van der Waals surface area contributed by atoms with Gasteiger partial charge < -0.3 is 5.32 Å². The Morgan fingerprint density at radius 2 is 1.89 bits per heavy atom. The van der Waals surface area contributed by atoms with Crippen molar-refractivity contribution in [3.63, 3.8) is 0 Å². The van der Waals surface area contributed by atoms with Gasteiger partial charge in [-0.05, 0) is 54.2 Å². The normalized spacial score (nSPS) is 20.7. The molecule has 1 fully saturated rings. The molecule has 0 bridgehead atoms. The zero-order valence-electron chi connectivity index (χ0n) is 15.0. The lowest BCUT2D eigenvalue weighted by Crippen LogP contribution is -2.25. The Kier molecular flexibility index (Phi) is 4.74. The van der Waals surface area contributed by atoms with Crippen LogP contribution in [0.3, 0.4) is 0 Å². The quantitative estimate of drug-likeness (QED) is 0.827. The summed E-state index contributed by atoms with van der Waals surface area (Å²) in [4.78, 5) is 12.3. The maximum absolute atomic E-state index is 12.3. The molecule has 1 aliphatic carbocycles. The largest absolute Gasteiger partial charge is 0.346 e. The molecule has 0 saturated carbocycles. The van der Waals surface area contributed by atoms with E-state index < -0.39 is 10.0 Å². The number of anilines is 1. The lowest BCUT2D eigenvalue weighted by molar-refractivity contribution is -0.117. The van der Waals surface area contributed by atoms with Crippen LogP contribution in [0.15, 0.2) is 54.6 Å². The van der Waals surface area contributed by atoms with Gasteiger partial charge in [-0.2, -0.15) is 0 Å². The number of hydrogen-bond acceptors (Lipinski definition) is 3. The van der Waals surface area contributed by atoms with Gasteiger partial charge in [-0.15, -0.1) is 0 Å². The summed E-state index contributed by atoms with van der Waals surface area (Å²) in [6.07, 6.45) is 5.86. The first-order valence-corrected chi connectivity index (χ1v) is 10.8. The second-order valence-electron chi connectivity index (χ2n) is 6.97. The fourth-order valence-electron chi connectivity index (χ4n) is 3.78. The third kappa shape index (κ3) is 3.76. The molecular weight excluding hydrogens is 360 g/mol. The van der Waals surface area contributed by atoms with Crippen LogP contribution < -0.4 is 9.62 Å². The first-order valence-electron chi connectivity index (χ1n) is 9.20. The number of fused-ring (bicyclic) bond motifs is 1. The Balaban J connectivity index is 1.39. The molecule has 1 amide bonds. The number of carbonyl (C=O) groups is 1. The van der Waals surface area contributed by atoms with Crippen molar-refractivity contribution in [2.24, 2.45) is 0 Å². The predicted molar refractivity (Wildman–Crippen MR) is 107 cm³/mol. The summed E-state index contributed by atoms with van der Waals surface area (Å²) in [5.74, 6) is 0.0851. The standard InChI is InChI=1S/C21H22N2O3S/c24-21(22-20-12-9-17-4-1-2-5-19(17)20)13-8-16-6-10-18(11-7-16)23-14-3-15-27(23,25)26/h1-2,4-8,10-11,13,20H,3,9,12,14-15H2,(H,22,24)/b13-8+.